The fourth-order valence-electron chi connectivity index (χ4n) is 2.34. The molecule has 0 spiro atoms. The van der Waals surface area contributed by atoms with Crippen LogP contribution in [0.5, 0.6) is 0 Å². The highest BCUT2D eigenvalue weighted by atomic mass is 15.2. The number of piperazine rings is 1. The lowest BCUT2D eigenvalue weighted by atomic mass is 9.95. The number of hydrogen-bond acceptors (Lipinski definition) is 3. The van der Waals surface area contributed by atoms with Gasteiger partial charge < -0.3 is 10.6 Å². The summed E-state index contributed by atoms with van der Waals surface area (Å²) in [5.74, 6) is 7.54. The zero-order chi connectivity index (χ0) is 11.1. The molecule has 0 aromatic carbocycles. The molecule has 0 bridgehead atoms. The summed E-state index contributed by atoms with van der Waals surface area (Å²) in [5, 5.41) is 6.75. The molecule has 3 nitrogen and oxygen atoms in total. The largest absolute Gasteiger partial charge is 0.317 e. The van der Waals surface area contributed by atoms with E-state index in [0.717, 1.165) is 45.1 Å². The molecule has 0 unspecified atom stereocenters. The van der Waals surface area contributed by atoms with Crippen molar-refractivity contribution in [3.8, 4) is 11.8 Å². The van der Waals surface area contributed by atoms with E-state index in [4.69, 9.17) is 0 Å². The first-order valence-corrected chi connectivity index (χ1v) is 6.54. The van der Waals surface area contributed by atoms with Crippen LogP contribution in [0.3, 0.4) is 0 Å². The molecule has 2 heterocycles. The van der Waals surface area contributed by atoms with Gasteiger partial charge in [0.15, 0.2) is 0 Å². The lowest BCUT2D eigenvalue weighted by Gasteiger charge is -2.25. The van der Waals surface area contributed by atoms with Gasteiger partial charge in [-0.1, -0.05) is 5.92 Å². The molecule has 0 radical (unpaired) electrons. The van der Waals surface area contributed by atoms with Crippen molar-refractivity contribution in [1.82, 2.24) is 15.5 Å². The van der Waals surface area contributed by atoms with Crippen LogP contribution >= 0.6 is 0 Å². The molecule has 2 aliphatic heterocycles. The molecule has 16 heavy (non-hydrogen) atoms. The predicted molar refractivity (Wildman–Crippen MR) is 67.3 cm³/mol. The molecule has 2 N–H and O–H groups in total. The minimum absolute atomic E-state index is 0.844. The molecule has 0 saturated carbocycles. The van der Waals surface area contributed by atoms with Gasteiger partial charge in [-0.2, -0.15) is 0 Å². The Morgan fingerprint density at radius 2 is 1.62 bits per heavy atom. The van der Waals surface area contributed by atoms with E-state index in [1.807, 2.05) is 0 Å². The van der Waals surface area contributed by atoms with E-state index in [0.29, 0.717) is 0 Å². The number of nitrogens with one attached hydrogen (secondary N) is 2. The second kappa shape index (κ2) is 6.90. The summed E-state index contributed by atoms with van der Waals surface area (Å²) in [6, 6.07) is 0. The Bertz CT molecular complexity index is 218. The number of piperidine rings is 1. The van der Waals surface area contributed by atoms with Crippen molar-refractivity contribution >= 4 is 0 Å². The van der Waals surface area contributed by atoms with Gasteiger partial charge in [0.05, 0.1) is 6.54 Å². The van der Waals surface area contributed by atoms with Crippen LogP contribution in [0.4, 0.5) is 0 Å². The molecule has 0 amide bonds. The van der Waals surface area contributed by atoms with Crippen LogP contribution in [-0.4, -0.2) is 50.7 Å². The maximum atomic E-state index is 3.39. The smallest absolute Gasteiger partial charge is 0.0602 e. The second-order valence-electron chi connectivity index (χ2n) is 4.78. The van der Waals surface area contributed by atoms with Crippen molar-refractivity contribution in [3.63, 3.8) is 0 Å². The van der Waals surface area contributed by atoms with Gasteiger partial charge in [0.2, 0.25) is 0 Å². The molecule has 0 atom stereocenters. The van der Waals surface area contributed by atoms with Crippen LogP contribution in [0, 0.1) is 17.8 Å². The van der Waals surface area contributed by atoms with Gasteiger partial charge in [-0.3, -0.25) is 4.90 Å². The average Bonchev–Trinajstić information content (AvgIpc) is 2.37. The van der Waals surface area contributed by atoms with Crippen molar-refractivity contribution in [1.29, 1.82) is 0 Å². The van der Waals surface area contributed by atoms with Crippen LogP contribution in [-0.2, 0) is 0 Å². The SMILES string of the molecule is C(#CCN1CCNCC1)CC1CCNCC1. The second-order valence-corrected chi connectivity index (χ2v) is 4.78. The van der Waals surface area contributed by atoms with Crippen molar-refractivity contribution in [2.24, 2.45) is 5.92 Å². The van der Waals surface area contributed by atoms with Crippen molar-refractivity contribution in [2.75, 3.05) is 45.8 Å². The quantitative estimate of drug-likeness (QED) is 0.656. The zero-order valence-corrected chi connectivity index (χ0v) is 10.1. The highest BCUT2D eigenvalue weighted by Gasteiger charge is 2.11. The highest BCUT2D eigenvalue weighted by Crippen LogP contribution is 2.14. The van der Waals surface area contributed by atoms with Crippen LogP contribution in [0.2, 0.25) is 0 Å². The Kier molecular flexibility index (Phi) is 5.14. The first-order chi connectivity index (χ1) is 7.95. The molecule has 0 aliphatic carbocycles. The molecular weight excluding hydrogens is 198 g/mol. The van der Waals surface area contributed by atoms with E-state index in [9.17, 15) is 0 Å². The number of nitrogens with zero attached hydrogens (tertiary/aromatic N) is 1. The van der Waals surface area contributed by atoms with Gasteiger partial charge in [-0.25, -0.2) is 0 Å². The lowest BCUT2D eigenvalue weighted by molar-refractivity contribution is 0.268. The minimum atomic E-state index is 0.844. The number of rotatable bonds is 2. The molecule has 3 heteroatoms. The third-order valence-electron chi connectivity index (χ3n) is 3.49. The van der Waals surface area contributed by atoms with E-state index in [1.54, 1.807) is 0 Å². The first-order valence-electron chi connectivity index (χ1n) is 6.54. The zero-order valence-electron chi connectivity index (χ0n) is 10.1. The first kappa shape index (κ1) is 11.9. The average molecular weight is 221 g/mol. The molecule has 90 valence electrons. The van der Waals surface area contributed by atoms with Crippen molar-refractivity contribution in [2.45, 2.75) is 19.3 Å². The molecule has 2 aliphatic rings. The van der Waals surface area contributed by atoms with Crippen LogP contribution in [0.25, 0.3) is 0 Å². The van der Waals surface area contributed by atoms with Gasteiger partial charge in [-0.05, 0) is 31.8 Å². The van der Waals surface area contributed by atoms with Gasteiger partial charge in [0.25, 0.3) is 0 Å². The Morgan fingerprint density at radius 1 is 0.938 bits per heavy atom. The van der Waals surface area contributed by atoms with Crippen LogP contribution in [0.1, 0.15) is 19.3 Å². The van der Waals surface area contributed by atoms with Crippen molar-refractivity contribution < 1.29 is 0 Å². The maximum absolute atomic E-state index is 3.39. The van der Waals surface area contributed by atoms with Gasteiger partial charge in [0, 0.05) is 32.6 Å². The normalized spacial score (nSPS) is 23.8. The summed E-state index contributed by atoms with van der Waals surface area (Å²) < 4.78 is 0. The molecule has 2 saturated heterocycles. The fraction of sp³-hybridized carbons (Fsp3) is 0.846. The summed E-state index contributed by atoms with van der Waals surface area (Å²) >= 11 is 0. The fourth-order valence-corrected chi connectivity index (χ4v) is 2.34. The van der Waals surface area contributed by atoms with Crippen LogP contribution in [0.15, 0.2) is 0 Å². The Hall–Kier alpha value is -0.560. The van der Waals surface area contributed by atoms with Crippen LogP contribution < -0.4 is 10.6 Å². The predicted octanol–water partition coefficient (Wildman–Crippen LogP) is 0.285. The molecule has 2 rings (SSSR count). The molecular formula is C13H23N3. The molecule has 0 aromatic heterocycles. The Balaban J connectivity index is 1.61. The third kappa shape index (κ3) is 4.13. The topological polar surface area (TPSA) is 27.3 Å². The minimum Gasteiger partial charge on any atom is -0.317 e. The Morgan fingerprint density at radius 3 is 2.38 bits per heavy atom. The summed E-state index contributed by atoms with van der Waals surface area (Å²) in [7, 11) is 0. The van der Waals surface area contributed by atoms with Gasteiger partial charge in [0.1, 0.15) is 0 Å². The summed E-state index contributed by atoms with van der Waals surface area (Å²) in [4.78, 5) is 2.44. The highest BCUT2D eigenvalue weighted by molar-refractivity contribution is 5.03. The summed E-state index contributed by atoms with van der Waals surface area (Å²) in [6.07, 6.45) is 3.72. The summed E-state index contributed by atoms with van der Waals surface area (Å²) in [6.45, 7) is 7.89. The van der Waals surface area contributed by atoms with E-state index in [-0.39, 0.29) is 0 Å². The van der Waals surface area contributed by atoms with E-state index < -0.39 is 0 Å². The van der Waals surface area contributed by atoms with Gasteiger partial charge in [-0.15, -0.1) is 5.92 Å². The lowest BCUT2D eigenvalue weighted by Crippen LogP contribution is -2.43. The van der Waals surface area contributed by atoms with E-state index in [1.165, 1.54) is 25.9 Å². The molecule has 2 fully saturated rings. The van der Waals surface area contributed by atoms with E-state index >= 15 is 0 Å². The third-order valence-corrected chi connectivity index (χ3v) is 3.49. The molecule has 0 aromatic rings. The Labute approximate surface area is 99.0 Å². The standard InChI is InChI=1S/C13H23N3/c1(3-13-4-6-14-7-5-13)2-10-16-11-8-15-9-12-16/h13-15H,3-12H2. The van der Waals surface area contributed by atoms with Crippen molar-refractivity contribution in [3.05, 3.63) is 0 Å². The monoisotopic (exact) mass is 221 g/mol. The van der Waals surface area contributed by atoms with E-state index in [2.05, 4.69) is 27.4 Å². The number of hydrogen-bond donors (Lipinski definition) is 2. The maximum Gasteiger partial charge on any atom is 0.0602 e. The summed E-state index contributed by atoms with van der Waals surface area (Å²) in [5.41, 5.74) is 0. The van der Waals surface area contributed by atoms with Gasteiger partial charge >= 0.3 is 0 Å².